The number of carbonyl (C=O) groups is 1. The zero-order valence-corrected chi connectivity index (χ0v) is 17.1. The number of nitrogens with one attached hydrogen (secondary N) is 1. The molecule has 0 unspecified atom stereocenters. The zero-order valence-electron chi connectivity index (χ0n) is 15.6. The predicted molar refractivity (Wildman–Crippen MR) is 108 cm³/mol. The Balaban J connectivity index is 1.49. The summed E-state index contributed by atoms with van der Waals surface area (Å²) in [6, 6.07) is 10.4. The van der Waals surface area contributed by atoms with E-state index in [0.29, 0.717) is 35.0 Å². The van der Waals surface area contributed by atoms with Gasteiger partial charge in [-0.2, -0.15) is 13.2 Å². The van der Waals surface area contributed by atoms with Gasteiger partial charge >= 0.3 is 6.18 Å². The highest BCUT2D eigenvalue weighted by molar-refractivity contribution is 6.35. The summed E-state index contributed by atoms with van der Waals surface area (Å²) in [7, 11) is 0. The molecule has 1 amide bonds. The van der Waals surface area contributed by atoms with Crippen molar-refractivity contribution in [2.45, 2.75) is 32.1 Å². The molecule has 3 rings (SSSR count). The molecule has 2 aromatic carbocycles. The largest absolute Gasteiger partial charge is 0.416 e. The van der Waals surface area contributed by atoms with E-state index in [1.54, 1.807) is 24.3 Å². The Labute approximate surface area is 177 Å². The minimum atomic E-state index is -4.39. The molecule has 1 heterocycles. The number of benzene rings is 2. The van der Waals surface area contributed by atoms with Crippen molar-refractivity contribution in [3.63, 3.8) is 0 Å². The molecule has 1 aliphatic rings. The second-order valence-electron chi connectivity index (χ2n) is 7.17. The van der Waals surface area contributed by atoms with Gasteiger partial charge in [0.2, 0.25) is 5.91 Å². The van der Waals surface area contributed by atoms with E-state index in [2.05, 4.69) is 10.2 Å². The number of halogens is 5. The highest BCUT2D eigenvalue weighted by Gasteiger charge is 2.30. The first-order valence-corrected chi connectivity index (χ1v) is 10.1. The van der Waals surface area contributed by atoms with Crippen LogP contribution in [-0.2, 0) is 24.1 Å². The smallest absolute Gasteiger partial charge is 0.352 e. The van der Waals surface area contributed by atoms with Crippen LogP contribution in [0.3, 0.4) is 0 Å². The highest BCUT2D eigenvalue weighted by atomic mass is 35.5. The van der Waals surface area contributed by atoms with Gasteiger partial charge in [-0.05, 0) is 55.8 Å². The number of likely N-dealkylation sites (tertiary alicyclic amines) is 1. The Morgan fingerprint density at radius 1 is 1.07 bits per heavy atom. The van der Waals surface area contributed by atoms with Gasteiger partial charge in [-0.25, -0.2) is 0 Å². The van der Waals surface area contributed by atoms with E-state index < -0.39 is 11.7 Å². The number of rotatable bonds is 5. The van der Waals surface area contributed by atoms with Crippen LogP contribution in [0.4, 0.5) is 13.2 Å². The summed E-state index contributed by atoms with van der Waals surface area (Å²) in [5, 5.41) is 4.01. The fourth-order valence-electron chi connectivity index (χ4n) is 3.45. The first kappa shape index (κ1) is 21.9. The number of carbonyl (C=O) groups excluding carboxylic acids is 1. The van der Waals surface area contributed by atoms with Gasteiger partial charge in [0.15, 0.2) is 0 Å². The number of nitrogens with zero attached hydrogens (tertiary/aromatic N) is 1. The summed E-state index contributed by atoms with van der Waals surface area (Å²) in [5.41, 5.74) is 0.595. The lowest BCUT2D eigenvalue weighted by Crippen LogP contribution is -2.40. The van der Waals surface area contributed by atoms with Crippen molar-refractivity contribution in [3.8, 4) is 0 Å². The number of hydrogen-bond donors (Lipinski definition) is 1. The lowest BCUT2D eigenvalue weighted by molar-refractivity contribution is -0.137. The van der Waals surface area contributed by atoms with E-state index in [1.165, 1.54) is 6.07 Å². The standard InChI is InChI=1S/C21H21Cl2F3N2O/c22-18-5-2-6-19(23)17(18)13-28-9-7-15(8-10-28)20(29)27-12-14-3-1-4-16(11-14)21(24,25)26/h1-6,11,15H,7-10,12-13H2,(H,27,29). The zero-order chi connectivity index (χ0) is 21.0. The van der Waals surface area contributed by atoms with Crippen LogP contribution in [0.15, 0.2) is 42.5 Å². The molecule has 1 aliphatic heterocycles. The van der Waals surface area contributed by atoms with Crippen molar-refractivity contribution in [2.75, 3.05) is 13.1 Å². The van der Waals surface area contributed by atoms with Gasteiger partial charge in [-0.3, -0.25) is 9.69 Å². The van der Waals surface area contributed by atoms with E-state index in [9.17, 15) is 18.0 Å². The molecular formula is C21H21Cl2F3N2O. The molecular weight excluding hydrogens is 424 g/mol. The fraction of sp³-hybridized carbons (Fsp3) is 0.381. The van der Waals surface area contributed by atoms with Gasteiger partial charge in [0.05, 0.1) is 5.56 Å². The monoisotopic (exact) mass is 444 g/mol. The number of hydrogen-bond acceptors (Lipinski definition) is 2. The number of alkyl halides is 3. The molecule has 0 spiro atoms. The van der Waals surface area contributed by atoms with Crippen LogP contribution in [0.25, 0.3) is 0 Å². The molecule has 8 heteroatoms. The molecule has 2 aromatic rings. The van der Waals surface area contributed by atoms with Gasteiger partial charge in [-0.15, -0.1) is 0 Å². The van der Waals surface area contributed by atoms with Gasteiger partial charge in [-0.1, -0.05) is 41.4 Å². The van der Waals surface area contributed by atoms with Crippen LogP contribution in [0.1, 0.15) is 29.5 Å². The van der Waals surface area contributed by atoms with E-state index in [0.717, 1.165) is 30.8 Å². The molecule has 156 valence electrons. The van der Waals surface area contributed by atoms with Gasteiger partial charge in [0.1, 0.15) is 0 Å². The molecule has 0 radical (unpaired) electrons. The van der Waals surface area contributed by atoms with Crippen LogP contribution in [-0.4, -0.2) is 23.9 Å². The Kier molecular flexibility index (Phi) is 7.09. The summed E-state index contributed by atoms with van der Waals surface area (Å²) in [6.45, 7) is 2.15. The van der Waals surface area contributed by atoms with Crippen molar-refractivity contribution in [2.24, 2.45) is 5.92 Å². The minimum absolute atomic E-state index is 0.0815. The van der Waals surface area contributed by atoms with Crippen LogP contribution in [0.2, 0.25) is 10.0 Å². The Morgan fingerprint density at radius 3 is 2.31 bits per heavy atom. The number of piperidine rings is 1. The topological polar surface area (TPSA) is 32.3 Å². The second-order valence-corrected chi connectivity index (χ2v) is 7.98. The molecule has 29 heavy (non-hydrogen) atoms. The molecule has 0 atom stereocenters. The van der Waals surface area contributed by atoms with Gasteiger partial charge in [0.25, 0.3) is 0 Å². The van der Waals surface area contributed by atoms with E-state index in [-0.39, 0.29) is 18.4 Å². The Bertz CT molecular complexity index is 845. The third kappa shape index (κ3) is 5.87. The van der Waals surface area contributed by atoms with Crippen LogP contribution in [0.5, 0.6) is 0 Å². The summed E-state index contributed by atoms with van der Waals surface area (Å²) >= 11 is 12.4. The second kappa shape index (κ2) is 9.37. The molecule has 0 saturated carbocycles. The quantitative estimate of drug-likeness (QED) is 0.656. The molecule has 1 N–H and O–H groups in total. The van der Waals surface area contributed by atoms with E-state index in [1.807, 2.05) is 0 Å². The molecule has 1 fully saturated rings. The minimum Gasteiger partial charge on any atom is -0.352 e. The van der Waals surface area contributed by atoms with Gasteiger partial charge < -0.3 is 5.32 Å². The Hall–Kier alpha value is -1.76. The highest BCUT2D eigenvalue weighted by Crippen LogP contribution is 2.30. The summed E-state index contributed by atoms with van der Waals surface area (Å²) < 4.78 is 38.4. The maximum Gasteiger partial charge on any atom is 0.416 e. The lowest BCUT2D eigenvalue weighted by atomic mass is 9.95. The predicted octanol–water partition coefficient (Wildman–Crippen LogP) is 5.54. The normalized spacial score (nSPS) is 16.0. The lowest BCUT2D eigenvalue weighted by Gasteiger charge is -2.31. The Morgan fingerprint density at radius 2 is 1.69 bits per heavy atom. The van der Waals surface area contributed by atoms with Gasteiger partial charge in [0, 0.05) is 34.6 Å². The maximum absolute atomic E-state index is 12.8. The van der Waals surface area contributed by atoms with Crippen molar-refractivity contribution in [1.82, 2.24) is 10.2 Å². The molecule has 0 aromatic heterocycles. The van der Waals surface area contributed by atoms with Crippen LogP contribution in [0, 0.1) is 5.92 Å². The van der Waals surface area contributed by atoms with E-state index >= 15 is 0 Å². The average Bonchev–Trinajstić information content (AvgIpc) is 2.69. The molecule has 0 aliphatic carbocycles. The first-order chi connectivity index (χ1) is 13.7. The molecule has 1 saturated heterocycles. The number of amides is 1. The van der Waals surface area contributed by atoms with E-state index in [4.69, 9.17) is 23.2 Å². The first-order valence-electron chi connectivity index (χ1n) is 9.33. The summed E-state index contributed by atoms with van der Waals surface area (Å²) in [4.78, 5) is 14.6. The van der Waals surface area contributed by atoms with Crippen molar-refractivity contribution in [1.29, 1.82) is 0 Å². The molecule has 3 nitrogen and oxygen atoms in total. The van der Waals surface area contributed by atoms with Crippen molar-refractivity contribution in [3.05, 3.63) is 69.2 Å². The fourth-order valence-corrected chi connectivity index (χ4v) is 3.97. The SMILES string of the molecule is O=C(NCc1cccc(C(F)(F)F)c1)C1CCN(Cc2c(Cl)cccc2Cl)CC1. The summed E-state index contributed by atoms with van der Waals surface area (Å²) in [6.07, 6.45) is -3.04. The van der Waals surface area contributed by atoms with Crippen LogP contribution < -0.4 is 5.32 Å². The molecule has 0 bridgehead atoms. The third-order valence-corrected chi connectivity index (χ3v) is 5.83. The average molecular weight is 445 g/mol. The van der Waals surface area contributed by atoms with Crippen molar-refractivity contribution >= 4 is 29.1 Å². The third-order valence-electron chi connectivity index (χ3n) is 5.12. The van der Waals surface area contributed by atoms with Crippen molar-refractivity contribution < 1.29 is 18.0 Å². The van der Waals surface area contributed by atoms with Crippen LogP contribution >= 0.6 is 23.2 Å². The maximum atomic E-state index is 12.8. The summed E-state index contributed by atoms with van der Waals surface area (Å²) in [5.74, 6) is -0.281.